The Morgan fingerprint density at radius 2 is 1.87 bits per heavy atom. The molecule has 3 aromatic rings. The summed E-state index contributed by atoms with van der Waals surface area (Å²) in [6.45, 7) is 2.94. The third kappa shape index (κ3) is 7.06. The van der Waals surface area contributed by atoms with Crippen molar-refractivity contribution in [2.45, 2.75) is 38.6 Å². The van der Waals surface area contributed by atoms with Crippen LogP contribution >= 0.6 is 0 Å². The fourth-order valence-electron chi connectivity index (χ4n) is 3.60. The lowest BCUT2D eigenvalue weighted by Crippen LogP contribution is -2.51. The zero-order chi connectivity index (χ0) is 27.9. The molecule has 5 N–H and O–H groups in total. The maximum Gasteiger partial charge on any atom is 0.410 e. The second kappa shape index (κ2) is 12.2. The lowest BCUT2D eigenvalue weighted by Gasteiger charge is -2.24. The maximum atomic E-state index is 12.9. The smallest absolute Gasteiger partial charge is 0.410 e. The molecule has 12 nitrogen and oxygen atoms in total. The summed E-state index contributed by atoms with van der Waals surface area (Å²) in [4.78, 5) is 41.8. The van der Waals surface area contributed by atoms with Crippen LogP contribution in [0.1, 0.15) is 42.7 Å². The highest BCUT2D eigenvalue weighted by atomic mass is 16.6. The molecule has 3 rings (SSSR count). The Balaban J connectivity index is 1.95. The molecule has 0 saturated heterocycles. The van der Waals surface area contributed by atoms with Gasteiger partial charge in [-0.2, -0.15) is 5.26 Å². The van der Waals surface area contributed by atoms with Gasteiger partial charge in [0.2, 0.25) is 11.8 Å². The average molecular weight is 522 g/mol. The van der Waals surface area contributed by atoms with E-state index >= 15 is 0 Å². The number of nitrogens with one attached hydrogen (secondary N) is 1. The van der Waals surface area contributed by atoms with Gasteiger partial charge in [0.15, 0.2) is 5.69 Å². The molecule has 12 heteroatoms. The fraction of sp³-hybridized carbons (Fsp3) is 0.346. The number of carbonyl (C=O) groups is 3. The number of nitrogens with two attached hydrogens (primary N) is 2. The summed E-state index contributed by atoms with van der Waals surface area (Å²) in [5.41, 5.74) is 12.0. The molecule has 0 bridgehead atoms. The van der Waals surface area contributed by atoms with Crippen LogP contribution in [-0.2, 0) is 32.3 Å². The Morgan fingerprint density at radius 3 is 2.50 bits per heavy atom. The second-order valence-corrected chi connectivity index (χ2v) is 9.29. The molecule has 3 amide bonds. The number of fused-ring (bicyclic) bond motifs is 1. The molecule has 0 fully saturated rings. The summed E-state index contributed by atoms with van der Waals surface area (Å²) in [5, 5.41) is 12.6. The Kier molecular flexibility index (Phi) is 9.01. The molecule has 2 aromatic heterocycles. The van der Waals surface area contributed by atoms with E-state index in [0.717, 1.165) is 10.5 Å². The van der Waals surface area contributed by atoms with E-state index in [9.17, 15) is 19.6 Å². The van der Waals surface area contributed by atoms with Gasteiger partial charge >= 0.3 is 6.09 Å². The van der Waals surface area contributed by atoms with Gasteiger partial charge in [0.1, 0.15) is 31.1 Å². The van der Waals surface area contributed by atoms with Gasteiger partial charge in [-0.1, -0.05) is 36.4 Å². The molecule has 0 radical (unpaired) electrons. The number of amides is 3. The van der Waals surface area contributed by atoms with E-state index in [2.05, 4.69) is 16.4 Å². The first-order valence-electron chi connectivity index (χ1n) is 11.8. The van der Waals surface area contributed by atoms with Crippen molar-refractivity contribution in [2.75, 3.05) is 20.2 Å². The number of ether oxygens (including phenoxy) is 2. The molecule has 2 heterocycles. The standard InChI is InChI=1S/C26H31N7O5/c1-26(2,29)24(35)31-20(16-37-14-17-8-5-4-6-9-17)23-30-19(12-27)21-11-7-10-18(33(21)23)15-38-25(36)32(3)13-22(28)34/h4-11,20H,13-16,29H2,1-3H3,(H2,28,34)(H,31,35). The number of nitriles is 1. The van der Waals surface area contributed by atoms with Gasteiger partial charge in [0, 0.05) is 7.05 Å². The SMILES string of the molecule is CN(CC(N)=O)C(=O)OCc1cccc2c(C#N)nc(C(COCc3ccccc3)NC(=O)C(C)(C)N)n12. The van der Waals surface area contributed by atoms with Gasteiger partial charge in [0.25, 0.3) is 0 Å². The molecule has 0 aliphatic carbocycles. The molecular formula is C26H31N7O5. The van der Waals surface area contributed by atoms with Gasteiger partial charge in [-0.15, -0.1) is 0 Å². The largest absolute Gasteiger partial charge is 0.443 e. The van der Waals surface area contributed by atoms with Gasteiger partial charge < -0.3 is 31.2 Å². The highest BCUT2D eigenvalue weighted by Gasteiger charge is 2.29. The summed E-state index contributed by atoms with van der Waals surface area (Å²) < 4.78 is 12.9. The number of nitrogens with zero attached hydrogens (tertiary/aromatic N) is 4. The minimum atomic E-state index is -1.19. The van der Waals surface area contributed by atoms with Crippen molar-refractivity contribution in [2.24, 2.45) is 11.5 Å². The van der Waals surface area contributed by atoms with Crippen molar-refractivity contribution in [3.8, 4) is 6.07 Å². The first-order valence-corrected chi connectivity index (χ1v) is 11.8. The van der Waals surface area contributed by atoms with E-state index in [1.54, 1.807) is 36.4 Å². The number of imidazole rings is 1. The fourth-order valence-corrected chi connectivity index (χ4v) is 3.60. The third-order valence-corrected chi connectivity index (χ3v) is 5.52. The molecule has 0 saturated carbocycles. The summed E-state index contributed by atoms with van der Waals surface area (Å²) in [6.07, 6.45) is -0.760. The Morgan fingerprint density at radius 1 is 1.16 bits per heavy atom. The summed E-state index contributed by atoms with van der Waals surface area (Å²) in [7, 11) is 1.38. The van der Waals surface area contributed by atoms with Gasteiger partial charge in [0.05, 0.1) is 30.0 Å². The number of primary amides is 1. The van der Waals surface area contributed by atoms with Gasteiger partial charge in [-0.3, -0.25) is 14.0 Å². The lowest BCUT2D eigenvalue weighted by atomic mass is 10.1. The molecule has 38 heavy (non-hydrogen) atoms. The van der Waals surface area contributed by atoms with E-state index < -0.39 is 29.5 Å². The summed E-state index contributed by atoms with van der Waals surface area (Å²) >= 11 is 0. The quantitative estimate of drug-likeness (QED) is 0.338. The van der Waals surface area contributed by atoms with Crippen LogP contribution in [0.2, 0.25) is 0 Å². The Hall–Kier alpha value is -4.47. The summed E-state index contributed by atoms with van der Waals surface area (Å²) in [5.74, 6) is -0.823. The monoisotopic (exact) mass is 521 g/mol. The number of rotatable bonds is 11. The van der Waals surface area contributed by atoms with Crippen LogP contribution in [-0.4, -0.2) is 57.9 Å². The third-order valence-electron chi connectivity index (χ3n) is 5.52. The molecule has 1 atom stereocenters. The normalized spacial score (nSPS) is 12.0. The predicted octanol–water partition coefficient (Wildman–Crippen LogP) is 1.37. The van der Waals surface area contributed by atoms with E-state index in [1.165, 1.54) is 7.05 Å². The zero-order valence-corrected chi connectivity index (χ0v) is 21.5. The molecule has 0 spiro atoms. The van der Waals surface area contributed by atoms with E-state index in [0.29, 0.717) is 17.0 Å². The lowest BCUT2D eigenvalue weighted by molar-refractivity contribution is -0.126. The number of carbonyl (C=O) groups excluding carboxylic acids is 3. The number of hydrogen-bond acceptors (Lipinski definition) is 8. The molecule has 200 valence electrons. The first-order chi connectivity index (χ1) is 18.0. The molecule has 1 unspecified atom stereocenters. The number of aromatic nitrogens is 2. The Labute approximate surface area is 220 Å². The number of pyridine rings is 1. The van der Waals surface area contributed by atoms with Crippen LogP contribution in [0.3, 0.4) is 0 Å². The highest BCUT2D eigenvalue weighted by Crippen LogP contribution is 2.23. The van der Waals surface area contributed by atoms with Gasteiger partial charge in [-0.25, -0.2) is 9.78 Å². The minimum absolute atomic E-state index is 0.0240. The average Bonchev–Trinajstić information content (AvgIpc) is 3.25. The maximum absolute atomic E-state index is 12.9. The van der Waals surface area contributed by atoms with Crippen molar-refractivity contribution in [1.82, 2.24) is 19.6 Å². The van der Waals surface area contributed by atoms with Gasteiger partial charge in [-0.05, 0) is 31.5 Å². The predicted molar refractivity (Wildman–Crippen MR) is 137 cm³/mol. The first kappa shape index (κ1) is 28.1. The van der Waals surface area contributed by atoms with Crippen LogP contribution in [0.25, 0.3) is 5.52 Å². The summed E-state index contributed by atoms with van der Waals surface area (Å²) in [6, 6.07) is 15.9. The highest BCUT2D eigenvalue weighted by molar-refractivity contribution is 5.85. The van der Waals surface area contributed by atoms with Crippen molar-refractivity contribution in [3.05, 3.63) is 71.3 Å². The molecule has 0 aliphatic heterocycles. The van der Waals surface area contributed by atoms with E-state index in [4.69, 9.17) is 20.9 Å². The zero-order valence-electron chi connectivity index (χ0n) is 21.5. The molecule has 1 aromatic carbocycles. The topological polar surface area (TPSA) is 178 Å². The number of likely N-dealkylation sites (N-methyl/N-ethyl adjacent to an activating group) is 1. The van der Waals surface area contributed by atoms with Crippen LogP contribution < -0.4 is 16.8 Å². The molecule has 0 aliphatic rings. The van der Waals surface area contributed by atoms with Crippen LogP contribution in [0.15, 0.2) is 48.5 Å². The van der Waals surface area contributed by atoms with Crippen molar-refractivity contribution in [3.63, 3.8) is 0 Å². The van der Waals surface area contributed by atoms with E-state index in [1.807, 2.05) is 30.3 Å². The van der Waals surface area contributed by atoms with Crippen molar-refractivity contribution in [1.29, 1.82) is 5.26 Å². The van der Waals surface area contributed by atoms with Crippen LogP contribution in [0, 0.1) is 11.3 Å². The van der Waals surface area contributed by atoms with Crippen molar-refractivity contribution < 1.29 is 23.9 Å². The van der Waals surface area contributed by atoms with Crippen molar-refractivity contribution >= 4 is 23.4 Å². The number of benzene rings is 1. The Bertz CT molecular complexity index is 1340. The van der Waals surface area contributed by atoms with E-state index in [-0.39, 0.29) is 32.1 Å². The molecular weight excluding hydrogens is 490 g/mol. The van der Waals surface area contributed by atoms with Crippen LogP contribution in [0.5, 0.6) is 0 Å². The minimum Gasteiger partial charge on any atom is -0.443 e. The number of hydrogen-bond donors (Lipinski definition) is 3. The second-order valence-electron chi connectivity index (χ2n) is 9.29. The van der Waals surface area contributed by atoms with Crippen LogP contribution in [0.4, 0.5) is 4.79 Å².